The van der Waals surface area contributed by atoms with Crippen molar-refractivity contribution in [2.24, 2.45) is 10.4 Å². The molecular formula is C18H25F4N3O. The van der Waals surface area contributed by atoms with Gasteiger partial charge in [-0.2, -0.15) is 0 Å². The van der Waals surface area contributed by atoms with E-state index in [-0.39, 0.29) is 11.5 Å². The van der Waals surface area contributed by atoms with Gasteiger partial charge >= 0.3 is 0 Å². The highest BCUT2D eigenvalue weighted by atomic mass is 19.2. The zero-order valence-corrected chi connectivity index (χ0v) is 15.1. The van der Waals surface area contributed by atoms with Gasteiger partial charge in [0.2, 0.25) is 0 Å². The fourth-order valence-electron chi connectivity index (χ4n) is 3.04. The largest absolute Gasteiger partial charge is 0.385 e. The Balaban J connectivity index is 2.07. The summed E-state index contributed by atoms with van der Waals surface area (Å²) in [5.41, 5.74) is -0.606. The lowest BCUT2D eigenvalue weighted by Crippen LogP contribution is -2.47. The van der Waals surface area contributed by atoms with Gasteiger partial charge in [0.15, 0.2) is 29.2 Å². The summed E-state index contributed by atoms with van der Waals surface area (Å²) < 4.78 is 59.2. The molecule has 0 saturated heterocycles. The van der Waals surface area contributed by atoms with Crippen molar-refractivity contribution in [1.82, 2.24) is 10.6 Å². The molecule has 146 valence electrons. The molecule has 0 bridgehead atoms. The predicted molar refractivity (Wildman–Crippen MR) is 91.9 cm³/mol. The van der Waals surface area contributed by atoms with Crippen LogP contribution in [0.15, 0.2) is 11.1 Å². The van der Waals surface area contributed by atoms with Crippen molar-refractivity contribution < 1.29 is 22.3 Å². The first kappa shape index (κ1) is 20.5. The lowest BCUT2D eigenvalue weighted by Gasteiger charge is -2.42. The minimum atomic E-state index is -1.43. The third-order valence-electron chi connectivity index (χ3n) is 4.82. The monoisotopic (exact) mass is 375 g/mol. The third kappa shape index (κ3) is 4.87. The van der Waals surface area contributed by atoms with E-state index < -0.39 is 35.4 Å². The quantitative estimate of drug-likeness (QED) is 0.316. The van der Waals surface area contributed by atoms with Crippen LogP contribution in [0, 0.1) is 28.7 Å². The summed E-state index contributed by atoms with van der Waals surface area (Å²) >= 11 is 0. The average Bonchev–Trinajstić information content (AvgIpc) is 2.58. The number of methoxy groups -OCH3 is 1. The smallest absolute Gasteiger partial charge is 0.191 e. The number of hydrogen-bond donors (Lipinski definition) is 2. The van der Waals surface area contributed by atoms with E-state index in [9.17, 15) is 17.6 Å². The molecule has 1 aromatic rings. The van der Waals surface area contributed by atoms with Gasteiger partial charge in [-0.3, -0.25) is 0 Å². The molecule has 1 aromatic carbocycles. The van der Waals surface area contributed by atoms with Crippen molar-refractivity contribution >= 4 is 5.96 Å². The van der Waals surface area contributed by atoms with Crippen LogP contribution < -0.4 is 10.6 Å². The first-order valence-electron chi connectivity index (χ1n) is 8.75. The second kappa shape index (κ2) is 9.21. The molecule has 1 aliphatic rings. The van der Waals surface area contributed by atoms with Crippen LogP contribution in [0.25, 0.3) is 0 Å². The van der Waals surface area contributed by atoms with Crippen LogP contribution in [0.1, 0.15) is 38.2 Å². The fraction of sp³-hybridized carbons (Fsp3) is 0.611. The van der Waals surface area contributed by atoms with Crippen molar-refractivity contribution in [3.05, 3.63) is 34.9 Å². The summed E-state index contributed by atoms with van der Waals surface area (Å²) in [6.45, 7) is 3.19. The molecule has 0 unspecified atom stereocenters. The Morgan fingerprint density at radius 3 is 2.31 bits per heavy atom. The summed E-state index contributed by atoms with van der Waals surface area (Å²) in [6, 6.07) is 0.192. The van der Waals surface area contributed by atoms with Gasteiger partial charge < -0.3 is 15.4 Å². The van der Waals surface area contributed by atoms with Crippen LogP contribution in [-0.4, -0.2) is 32.8 Å². The first-order valence-corrected chi connectivity index (χ1v) is 8.75. The maximum atomic E-state index is 13.8. The first-order chi connectivity index (χ1) is 12.4. The van der Waals surface area contributed by atoms with E-state index in [1.54, 1.807) is 7.11 Å². The lowest BCUT2D eigenvalue weighted by atomic mass is 9.67. The number of halogens is 4. The zero-order valence-electron chi connectivity index (χ0n) is 15.1. The molecule has 0 aliphatic heterocycles. The van der Waals surface area contributed by atoms with Crippen LogP contribution in [0.4, 0.5) is 17.6 Å². The lowest BCUT2D eigenvalue weighted by molar-refractivity contribution is 0.0732. The highest BCUT2D eigenvalue weighted by molar-refractivity contribution is 5.79. The maximum absolute atomic E-state index is 13.8. The van der Waals surface area contributed by atoms with Gasteiger partial charge in [0.1, 0.15) is 0 Å². The summed E-state index contributed by atoms with van der Waals surface area (Å²) in [6.07, 6.45) is 4.20. The zero-order chi connectivity index (χ0) is 19.2. The maximum Gasteiger partial charge on any atom is 0.191 e. The molecule has 0 spiro atoms. The standard InChI is InChI=1S/C18H25F4N3O/c1-3-23-17(25-11-18(5-4-6-18)7-8-26-2)24-10-12-15(21)13(19)9-14(20)16(12)22/h9H,3-8,10-11H2,1-2H3,(H2,23,24,25). The Morgan fingerprint density at radius 2 is 1.81 bits per heavy atom. The van der Waals surface area contributed by atoms with E-state index >= 15 is 0 Å². The number of hydrogen-bond acceptors (Lipinski definition) is 2. The Bertz CT molecular complexity index is 622. The van der Waals surface area contributed by atoms with Gasteiger partial charge in [-0.15, -0.1) is 0 Å². The van der Waals surface area contributed by atoms with Crippen LogP contribution in [0.5, 0.6) is 0 Å². The van der Waals surface area contributed by atoms with Gasteiger partial charge in [-0.1, -0.05) is 6.42 Å². The molecular weight excluding hydrogens is 350 g/mol. The van der Waals surface area contributed by atoms with Crippen molar-refractivity contribution in [1.29, 1.82) is 0 Å². The highest BCUT2D eigenvalue weighted by Crippen LogP contribution is 2.43. The summed E-state index contributed by atoms with van der Waals surface area (Å²) in [5.74, 6) is -5.35. The fourth-order valence-corrected chi connectivity index (χ4v) is 3.04. The minimum absolute atomic E-state index is 0.119. The molecule has 0 amide bonds. The molecule has 0 radical (unpaired) electrons. The Morgan fingerprint density at radius 1 is 1.15 bits per heavy atom. The van der Waals surface area contributed by atoms with Crippen molar-refractivity contribution in [3.8, 4) is 0 Å². The van der Waals surface area contributed by atoms with E-state index in [0.717, 1.165) is 25.7 Å². The van der Waals surface area contributed by atoms with Gasteiger partial charge in [-0.25, -0.2) is 22.6 Å². The van der Waals surface area contributed by atoms with Gasteiger partial charge in [0, 0.05) is 32.9 Å². The number of ether oxygens (including phenoxy) is 1. The van der Waals surface area contributed by atoms with Gasteiger partial charge in [-0.05, 0) is 31.6 Å². The van der Waals surface area contributed by atoms with Crippen LogP contribution in [0.2, 0.25) is 0 Å². The molecule has 1 aliphatic carbocycles. The summed E-state index contributed by atoms with van der Waals surface area (Å²) in [4.78, 5) is 4.08. The third-order valence-corrected chi connectivity index (χ3v) is 4.82. The highest BCUT2D eigenvalue weighted by Gasteiger charge is 2.36. The van der Waals surface area contributed by atoms with Gasteiger partial charge in [0.25, 0.3) is 0 Å². The van der Waals surface area contributed by atoms with E-state index in [1.807, 2.05) is 6.92 Å². The average molecular weight is 375 g/mol. The predicted octanol–water partition coefficient (Wildman–Crippen LogP) is 3.50. The van der Waals surface area contributed by atoms with Crippen LogP contribution in [0.3, 0.4) is 0 Å². The number of guanidine groups is 1. The van der Waals surface area contributed by atoms with Crippen molar-refractivity contribution in [2.75, 3.05) is 26.8 Å². The normalized spacial score (nSPS) is 16.3. The van der Waals surface area contributed by atoms with Crippen LogP contribution in [-0.2, 0) is 11.3 Å². The van der Waals surface area contributed by atoms with E-state index in [4.69, 9.17) is 4.74 Å². The number of aliphatic imine (C=N–C) groups is 1. The van der Waals surface area contributed by atoms with E-state index in [2.05, 4.69) is 15.6 Å². The molecule has 1 saturated carbocycles. The molecule has 0 atom stereocenters. The van der Waals surface area contributed by atoms with E-state index in [1.165, 1.54) is 0 Å². The topological polar surface area (TPSA) is 45.7 Å². The molecule has 4 nitrogen and oxygen atoms in total. The SMILES string of the molecule is CCNC(=NCc1c(F)c(F)cc(F)c1F)NCC1(CCOC)CCC1. The number of nitrogens with zero attached hydrogens (tertiary/aromatic N) is 1. The Labute approximate surface area is 151 Å². The number of benzene rings is 1. The second-order valence-electron chi connectivity index (χ2n) is 6.59. The minimum Gasteiger partial charge on any atom is -0.385 e. The molecule has 0 aromatic heterocycles. The Hall–Kier alpha value is -1.83. The summed E-state index contributed by atoms with van der Waals surface area (Å²) in [5, 5.41) is 6.13. The molecule has 0 heterocycles. The molecule has 8 heteroatoms. The summed E-state index contributed by atoms with van der Waals surface area (Å²) in [7, 11) is 1.66. The van der Waals surface area contributed by atoms with Gasteiger partial charge in [0.05, 0.1) is 12.1 Å². The number of rotatable bonds is 8. The second-order valence-corrected chi connectivity index (χ2v) is 6.59. The van der Waals surface area contributed by atoms with Crippen molar-refractivity contribution in [3.63, 3.8) is 0 Å². The number of nitrogens with one attached hydrogen (secondary N) is 2. The van der Waals surface area contributed by atoms with Crippen LogP contribution >= 0.6 is 0 Å². The molecule has 26 heavy (non-hydrogen) atoms. The molecule has 2 rings (SSSR count). The van der Waals surface area contributed by atoms with E-state index in [0.29, 0.717) is 25.7 Å². The molecule has 1 fully saturated rings. The van der Waals surface area contributed by atoms with Crippen molar-refractivity contribution in [2.45, 2.75) is 39.2 Å². The molecule has 2 N–H and O–H groups in total. The Kier molecular flexibility index (Phi) is 7.25.